The molecule has 0 saturated carbocycles. The molecule has 0 spiro atoms. The molecule has 0 radical (unpaired) electrons. The van der Waals surface area contributed by atoms with Crippen molar-refractivity contribution in [2.75, 3.05) is 0 Å². The Labute approximate surface area is 152 Å². The number of hydrogen-bond donors (Lipinski definition) is 0. The summed E-state index contributed by atoms with van der Waals surface area (Å²) in [6, 6.07) is 18.4. The molecule has 0 amide bonds. The summed E-state index contributed by atoms with van der Waals surface area (Å²) in [7, 11) is 0. The molecule has 3 rings (SSSR count). The average Bonchev–Trinajstić information content (AvgIpc) is 2.56. The van der Waals surface area contributed by atoms with Crippen molar-refractivity contribution in [1.29, 1.82) is 0 Å². The number of hydrogen-bond acceptors (Lipinski definition) is 5. The van der Waals surface area contributed by atoms with Gasteiger partial charge in [-0.3, -0.25) is 4.21 Å². The fraction of sp³-hybridized carbons (Fsp3) is 0. The van der Waals surface area contributed by atoms with Crippen LogP contribution in [0.2, 0.25) is 0 Å². The quantitative estimate of drug-likeness (QED) is 0.478. The van der Waals surface area contributed by atoms with E-state index in [1.807, 2.05) is 60.7 Å². The number of aromatic nitrogens is 3. The Bertz CT molecular complexity index is 728. The largest absolute Gasteiger partial charge is 1.00 e. The first-order valence-electron chi connectivity index (χ1n) is 6.20. The van der Waals surface area contributed by atoms with Crippen LogP contribution in [-0.4, -0.2) is 23.7 Å². The predicted octanol–water partition coefficient (Wildman–Crippen LogP) is -0.552. The Balaban J connectivity index is 0.00000176. The zero-order valence-electron chi connectivity index (χ0n) is 11.8. The number of benzene rings is 2. The molecule has 0 aliphatic carbocycles. The Morgan fingerprint density at radius 2 is 1.14 bits per heavy atom. The van der Waals surface area contributed by atoms with Gasteiger partial charge in [-0.2, -0.15) is 0 Å². The van der Waals surface area contributed by atoms with E-state index >= 15 is 0 Å². The zero-order chi connectivity index (χ0) is 14.7. The van der Waals surface area contributed by atoms with Crippen LogP contribution < -0.4 is 29.6 Å². The Morgan fingerprint density at radius 1 is 0.727 bits per heavy atom. The maximum Gasteiger partial charge on any atom is 1.00 e. The van der Waals surface area contributed by atoms with Crippen molar-refractivity contribution in [3.05, 3.63) is 60.7 Å². The summed E-state index contributed by atoms with van der Waals surface area (Å²) >= 11 is -2.51. The van der Waals surface area contributed by atoms with E-state index in [1.165, 1.54) is 0 Å². The van der Waals surface area contributed by atoms with Crippen LogP contribution in [0.4, 0.5) is 0 Å². The van der Waals surface area contributed by atoms with Crippen LogP contribution in [0.15, 0.2) is 65.8 Å². The topological polar surface area (TPSA) is 78.8 Å². The second kappa shape index (κ2) is 7.71. The summed E-state index contributed by atoms with van der Waals surface area (Å²) in [5.74, 6) is 0.673. The smallest absolute Gasteiger partial charge is 0.766 e. The summed E-state index contributed by atoms with van der Waals surface area (Å²) in [6.45, 7) is 0. The second-order valence-electron chi connectivity index (χ2n) is 4.23. The van der Waals surface area contributed by atoms with E-state index in [9.17, 15) is 8.76 Å². The first-order chi connectivity index (χ1) is 10.2. The Hall–Kier alpha value is -1.44. The summed E-state index contributed by atoms with van der Waals surface area (Å²) in [5.41, 5.74) is 1.48. The van der Waals surface area contributed by atoms with E-state index in [0.29, 0.717) is 11.6 Å². The van der Waals surface area contributed by atoms with Crippen LogP contribution in [0.1, 0.15) is 0 Å². The maximum atomic E-state index is 11.2. The molecule has 1 heterocycles. The molecule has 0 aliphatic heterocycles. The third kappa shape index (κ3) is 3.85. The summed E-state index contributed by atoms with van der Waals surface area (Å²) < 4.78 is 22.4. The molecule has 0 bridgehead atoms. The van der Waals surface area contributed by atoms with Crippen LogP contribution in [0.3, 0.4) is 0 Å². The molecule has 104 valence electrons. The third-order valence-electron chi connectivity index (χ3n) is 2.83. The van der Waals surface area contributed by atoms with Crippen molar-refractivity contribution in [2.24, 2.45) is 0 Å². The molecule has 0 fully saturated rings. The van der Waals surface area contributed by atoms with Crippen molar-refractivity contribution < 1.29 is 38.3 Å². The van der Waals surface area contributed by atoms with Crippen LogP contribution >= 0.6 is 0 Å². The summed E-state index contributed by atoms with van der Waals surface area (Å²) in [5, 5.41) is -0.261. The number of nitrogens with zero attached hydrogens (tertiary/aromatic N) is 3. The maximum absolute atomic E-state index is 11.2. The minimum Gasteiger partial charge on any atom is -0.766 e. The molecule has 0 N–H and O–H groups in total. The Morgan fingerprint density at radius 3 is 1.50 bits per heavy atom. The van der Waals surface area contributed by atoms with E-state index in [1.54, 1.807) is 0 Å². The van der Waals surface area contributed by atoms with Gasteiger partial charge in [-0.1, -0.05) is 60.7 Å². The van der Waals surface area contributed by atoms with Crippen molar-refractivity contribution in [3.63, 3.8) is 0 Å². The molecule has 0 aliphatic rings. The molecular weight excluding hydrogens is 309 g/mol. The zero-order valence-corrected chi connectivity index (χ0v) is 14.7. The molecule has 2 aromatic carbocycles. The van der Waals surface area contributed by atoms with Gasteiger partial charge in [0.25, 0.3) is 0 Å². The van der Waals surface area contributed by atoms with Crippen LogP contribution in [0.25, 0.3) is 22.8 Å². The molecule has 5 nitrogen and oxygen atoms in total. The standard InChI is InChI=1S/C15H11N3O2S.Na/c19-21(20)15-17-13(11-7-3-1-4-8-11)16-14(18-15)12-9-5-2-6-10-12;/h1-10H,(H,19,20);/q;+1/p-1. The molecule has 1 unspecified atom stereocenters. The second-order valence-corrected chi connectivity index (χ2v) is 5.07. The van der Waals surface area contributed by atoms with Gasteiger partial charge in [-0.25, -0.2) is 15.0 Å². The number of rotatable bonds is 3. The van der Waals surface area contributed by atoms with Gasteiger partial charge in [0.1, 0.15) is 0 Å². The van der Waals surface area contributed by atoms with Gasteiger partial charge in [-0.05, 0) is 0 Å². The van der Waals surface area contributed by atoms with Crippen molar-refractivity contribution in [1.82, 2.24) is 15.0 Å². The monoisotopic (exact) mass is 319 g/mol. The van der Waals surface area contributed by atoms with E-state index in [2.05, 4.69) is 15.0 Å². The Kier molecular flexibility index (Phi) is 5.93. The van der Waals surface area contributed by atoms with Gasteiger partial charge in [0.05, 0.1) is 0 Å². The predicted molar refractivity (Wildman–Crippen MR) is 77.9 cm³/mol. The van der Waals surface area contributed by atoms with Gasteiger partial charge < -0.3 is 4.55 Å². The average molecular weight is 319 g/mol. The fourth-order valence-electron chi connectivity index (χ4n) is 1.86. The van der Waals surface area contributed by atoms with Gasteiger partial charge in [-0.15, -0.1) is 0 Å². The molecule has 1 aromatic heterocycles. The molecular formula is C15H10N3NaO2S. The minimum absolute atomic E-state index is 0. The molecule has 1 atom stereocenters. The molecule has 0 saturated heterocycles. The molecule has 7 heteroatoms. The summed E-state index contributed by atoms with van der Waals surface area (Å²) in [6.07, 6.45) is 0. The van der Waals surface area contributed by atoms with Gasteiger partial charge in [0.2, 0.25) is 5.16 Å². The molecule has 3 aromatic rings. The SMILES string of the molecule is O=S([O-])c1nc(-c2ccccc2)nc(-c2ccccc2)n1.[Na+]. The van der Waals surface area contributed by atoms with Gasteiger partial charge >= 0.3 is 29.6 Å². The van der Waals surface area contributed by atoms with Gasteiger partial charge in [0, 0.05) is 22.2 Å². The van der Waals surface area contributed by atoms with E-state index in [0.717, 1.165) is 11.1 Å². The van der Waals surface area contributed by atoms with E-state index < -0.39 is 11.1 Å². The van der Waals surface area contributed by atoms with E-state index in [-0.39, 0.29) is 34.7 Å². The van der Waals surface area contributed by atoms with Crippen LogP contribution in [-0.2, 0) is 11.1 Å². The van der Waals surface area contributed by atoms with Gasteiger partial charge in [0.15, 0.2) is 11.6 Å². The minimum atomic E-state index is -2.51. The summed E-state index contributed by atoms with van der Waals surface area (Å²) in [4.78, 5) is 12.3. The first-order valence-corrected chi connectivity index (χ1v) is 7.28. The molecule has 22 heavy (non-hydrogen) atoms. The van der Waals surface area contributed by atoms with Crippen molar-refractivity contribution >= 4 is 11.1 Å². The van der Waals surface area contributed by atoms with Crippen molar-refractivity contribution in [3.8, 4) is 22.8 Å². The third-order valence-corrected chi connectivity index (χ3v) is 3.31. The van der Waals surface area contributed by atoms with E-state index in [4.69, 9.17) is 0 Å². The fourth-order valence-corrected chi connectivity index (χ4v) is 2.19. The normalized spacial score (nSPS) is 11.5. The first kappa shape index (κ1) is 16.9. The van der Waals surface area contributed by atoms with Crippen LogP contribution in [0.5, 0.6) is 0 Å². The van der Waals surface area contributed by atoms with Crippen molar-refractivity contribution in [2.45, 2.75) is 5.16 Å². The van der Waals surface area contributed by atoms with Crippen LogP contribution in [0, 0.1) is 0 Å².